The summed E-state index contributed by atoms with van der Waals surface area (Å²) < 4.78 is 0. The number of hydrogen-bond acceptors (Lipinski definition) is 5. The topological polar surface area (TPSA) is 79.3 Å². The summed E-state index contributed by atoms with van der Waals surface area (Å²) in [4.78, 5) is 28.8. The van der Waals surface area contributed by atoms with Crippen LogP contribution in [0.4, 0.5) is 0 Å². The van der Waals surface area contributed by atoms with Crippen LogP contribution in [0.1, 0.15) is 47.9 Å². The quantitative estimate of drug-likeness (QED) is 0.910. The molecule has 2 rings (SSSR count). The number of aromatic carboxylic acids is 1. The van der Waals surface area contributed by atoms with Gasteiger partial charge in [-0.15, -0.1) is 22.7 Å². The first kappa shape index (κ1) is 14.7. The summed E-state index contributed by atoms with van der Waals surface area (Å²) in [6.07, 6.45) is 0. The summed E-state index contributed by atoms with van der Waals surface area (Å²) in [6, 6.07) is 2.82. The standard InChI is InChI=1S/C13H14N2O3S2/c1-6-11(19-8(3)14-6)7(2)15-12(16)9-4-5-10(20-9)13(17)18/h4-5,7H,1-3H3,(H,15,16)(H,17,18). The summed E-state index contributed by atoms with van der Waals surface area (Å²) in [5.41, 5.74) is 0.915. The molecule has 20 heavy (non-hydrogen) atoms. The van der Waals surface area contributed by atoms with E-state index in [9.17, 15) is 9.59 Å². The van der Waals surface area contributed by atoms with E-state index in [0.717, 1.165) is 26.9 Å². The summed E-state index contributed by atoms with van der Waals surface area (Å²) in [7, 11) is 0. The van der Waals surface area contributed by atoms with Gasteiger partial charge in [0.2, 0.25) is 0 Å². The monoisotopic (exact) mass is 310 g/mol. The molecule has 0 saturated carbocycles. The van der Waals surface area contributed by atoms with Crippen LogP contribution in [-0.2, 0) is 0 Å². The second-order valence-electron chi connectivity index (χ2n) is 4.35. The smallest absolute Gasteiger partial charge is 0.345 e. The highest BCUT2D eigenvalue weighted by molar-refractivity contribution is 7.15. The number of nitrogens with zero attached hydrogens (tertiary/aromatic N) is 1. The average Bonchev–Trinajstić information content (AvgIpc) is 2.95. The molecule has 2 heterocycles. The van der Waals surface area contributed by atoms with E-state index in [4.69, 9.17) is 5.11 Å². The third kappa shape index (κ3) is 3.05. The number of aromatic nitrogens is 1. The number of thiazole rings is 1. The van der Waals surface area contributed by atoms with Crippen LogP contribution in [0.5, 0.6) is 0 Å². The lowest BCUT2D eigenvalue weighted by atomic mass is 10.2. The highest BCUT2D eigenvalue weighted by Crippen LogP contribution is 2.25. The maximum Gasteiger partial charge on any atom is 0.345 e. The van der Waals surface area contributed by atoms with Gasteiger partial charge in [-0.3, -0.25) is 4.79 Å². The highest BCUT2D eigenvalue weighted by atomic mass is 32.1. The molecule has 0 aliphatic heterocycles. The first-order valence-electron chi connectivity index (χ1n) is 5.96. The molecule has 1 unspecified atom stereocenters. The first-order valence-corrected chi connectivity index (χ1v) is 7.59. The van der Waals surface area contributed by atoms with E-state index in [2.05, 4.69) is 10.3 Å². The third-order valence-corrected chi connectivity index (χ3v) is 5.05. The van der Waals surface area contributed by atoms with Gasteiger partial charge in [-0.25, -0.2) is 9.78 Å². The zero-order chi connectivity index (χ0) is 14.9. The molecule has 1 amide bonds. The van der Waals surface area contributed by atoms with E-state index in [1.165, 1.54) is 12.1 Å². The minimum absolute atomic E-state index is 0.149. The van der Waals surface area contributed by atoms with Gasteiger partial charge in [-0.1, -0.05) is 0 Å². The van der Waals surface area contributed by atoms with E-state index in [1.807, 2.05) is 20.8 Å². The predicted octanol–water partition coefficient (Wildman–Crippen LogP) is 3.01. The normalized spacial score (nSPS) is 12.2. The van der Waals surface area contributed by atoms with Gasteiger partial charge in [0.1, 0.15) is 4.88 Å². The number of nitrogens with one attached hydrogen (secondary N) is 1. The fourth-order valence-electron chi connectivity index (χ4n) is 1.86. The lowest BCUT2D eigenvalue weighted by Crippen LogP contribution is -2.25. The molecule has 0 aliphatic carbocycles. The van der Waals surface area contributed by atoms with E-state index in [-0.39, 0.29) is 16.8 Å². The number of carbonyl (C=O) groups is 2. The Morgan fingerprint density at radius 2 is 1.90 bits per heavy atom. The predicted molar refractivity (Wildman–Crippen MR) is 78.7 cm³/mol. The van der Waals surface area contributed by atoms with Gasteiger partial charge in [0.15, 0.2) is 0 Å². The maximum atomic E-state index is 12.1. The van der Waals surface area contributed by atoms with E-state index in [0.29, 0.717) is 4.88 Å². The number of thiophene rings is 1. The van der Waals surface area contributed by atoms with Crippen LogP contribution in [0, 0.1) is 13.8 Å². The summed E-state index contributed by atoms with van der Waals surface area (Å²) in [5, 5.41) is 12.7. The van der Waals surface area contributed by atoms with Crippen molar-refractivity contribution < 1.29 is 14.7 Å². The Hall–Kier alpha value is -1.73. The van der Waals surface area contributed by atoms with Gasteiger partial charge in [0.05, 0.1) is 21.6 Å². The van der Waals surface area contributed by atoms with Crippen molar-refractivity contribution >= 4 is 34.6 Å². The Balaban J connectivity index is 2.10. The third-order valence-electron chi connectivity index (χ3n) is 2.72. The fourth-order valence-corrected chi connectivity index (χ4v) is 3.53. The van der Waals surface area contributed by atoms with Crippen LogP contribution in [0.25, 0.3) is 0 Å². The number of carbonyl (C=O) groups excluding carboxylic acids is 1. The molecule has 2 aromatic rings. The van der Waals surface area contributed by atoms with Crippen molar-refractivity contribution in [3.05, 3.63) is 37.5 Å². The molecule has 0 bridgehead atoms. The van der Waals surface area contributed by atoms with Gasteiger partial charge < -0.3 is 10.4 Å². The molecule has 0 saturated heterocycles. The second kappa shape index (κ2) is 5.72. The van der Waals surface area contributed by atoms with Crippen molar-refractivity contribution in [1.29, 1.82) is 0 Å². The van der Waals surface area contributed by atoms with Gasteiger partial charge in [0.25, 0.3) is 5.91 Å². The maximum absolute atomic E-state index is 12.1. The van der Waals surface area contributed by atoms with Gasteiger partial charge in [-0.2, -0.15) is 0 Å². The van der Waals surface area contributed by atoms with E-state index in [1.54, 1.807) is 11.3 Å². The van der Waals surface area contributed by atoms with E-state index < -0.39 is 5.97 Å². The summed E-state index contributed by atoms with van der Waals surface area (Å²) >= 11 is 2.53. The lowest BCUT2D eigenvalue weighted by molar-refractivity contribution is 0.0702. The van der Waals surface area contributed by atoms with Crippen molar-refractivity contribution in [1.82, 2.24) is 10.3 Å². The summed E-state index contributed by atoms with van der Waals surface area (Å²) in [5.74, 6) is -1.28. The van der Waals surface area contributed by atoms with Crippen molar-refractivity contribution in [3.8, 4) is 0 Å². The van der Waals surface area contributed by atoms with Crippen LogP contribution in [-0.4, -0.2) is 22.0 Å². The number of aryl methyl sites for hydroxylation is 2. The lowest BCUT2D eigenvalue weighted by Gasteiger charge is -2.11. The molecule has 1 atom stereocenters. The van der Waals surface area contributed by atoms with Crippen molar-refractivity contribution in [3.63, 3.8) is 0 Å². The van der Waals surface area contributed by atoms with Gasteiger partial charge in [0, 0.05) is 4.88 Å². The minimum Gasteiger partial charge on any atom is -0.477 e. The summed E-state index contributed by atoms with van der Waals surface area (Å²) in [6.45, 7) is 5.73. The van der Waals surface area contributed by atoms with Crippen molar-refractivity contribution in [2.24, 2.45) is 0 Å². The van der Waals surface area contributed by atoms with Gasteiger partial charge in [-0.05, 0) is 32.9 Å². The number of hydrogen-bond donors (Lipinski definition) is 2. The molecule has 0 fully saturated rings. The average molecular weight is 310 g/mol. The number of amides is 1. The molecule has 106 valence electrons. The fraction of sp³-hybridized carbons (Fsp3) is 0.308. The highest BCUT2D eigenvalue weighted by Gasteiger charge is 2.18. The molecular formula is C13H14N2O3S2. The molecule has 2 aromatic heterocycles. The van der Waals surface area contributed by atoms with Crippen molar-refractivity contribution in [2.75, 3.05) is 0 Å². The van der Waals surface area contributed by atoms with Crippen LogP contribution in [0.2, 0.25) is 0 Å². The number of carboxylic acids is 1. The number of rotatable bonds is 4. The molecule has 2 N–H and O–H groups in total. The molecule has 5 nitrogen and oxygen atoms in total. The Morgan fingerprint density at radius 3 is 2.40 bits per heavy atom. The largest absolute Gasteiger partial charge is 0.477 e. The molecule has 0 aliphatic rings. The Kier molecular flexibility index (Phi) is 4.20. The second-order valence-corrected chi connectivity index (χ2v) is 6.67. The minimum atomic E-state index is -1.02. The van der Waals surface area contributed by atoms with Crippen LogP contribution in [0.3, 0.4) is 0 Å². The molecular weight excluding hydrogens is 296 g/mol. The van der Waals surface area contributed by atoms with Gasteiger partial charge >= 0.3 is 5.97 Å². The zero-order valence-corrected chi connectivity index (χ0v) is 12.9. The van der Waals surface area contributed by atoms with E-state index >= 15 is 0 Å². The zero-order valence-electron chi connectivity index (χ0n) is 11.3. The Labute approximate surface area is 124 Å². The molecule has 0 radical (unpaired) electrons. The SMILES string of the molecule is Cc1nc(C)c(C(C)NC(=O)c2ccc(C(=O)O)s2)s1. The van der Waals surface area contributed by atoms with Crippen LogP contribution < -0.4 is 5.32 Å². The molecule has 0 spiro atoms. The van der Waals surface area contributed by atoms with Crippen molar-refractivity contribution in [2.45, 2.75) is 26.8 Å². The Bertz CT molecular complexity index is 660. The molecule has 0 aromatic carbocycles. The Morgan fingerprint density at radius 1 is 1.25 bits per heavy atom. The first-order chi connectivity index (χ1) is 9.38. The molecule has 7 heteroatoms. The van der Waals surface area contributed by atoms with Crippen LogP contribution in [0.15, 0.2) is 12.1 Å². The number of carboxylic acid groups (broad SMARTS) is 1. The van der Waals surface area contributed by atoms with Crippen LogP contribution >= 0.6 is 22.7 Å².